The van der Waals surface area contributed by atoms with Gasteiger partial charge in [0.15, 0.2) is 6.61 Å². The van der Waals surface area contributed by atoms with E-state index in [1.54, 1.807) is 19.1 Å². The zero-order valence-corrected chi connectivity index (χ0v) is 16.6. The van der Waals surface area contributed by atoms with Gasteiger partial charge in [-0.3, -0.25) is 4.79 Å². The average Bonchev–Trinajstić information content (AvgIpc) is 3.40. The van der Waals surface area contributed by atoms with Crippen LogP contribution in [0.15, 0.2) is 47.0 Å². The lowest BCUT2D eigenvalue weighted by molar-refractivity contribution is -0.118. The second kappa shape index (κ2) is 8.34. The van der Waals surface area contributed by atoms with Crippen molar-refractivity contribution in [3.05, 3.63) is 53.9 Å². The lowest BCUT2D eigenvalue weighted by atomic mass is 10.1. The first-order valence-electron chi connectivity index (χ1n) is 9.77. The van der Waals surface area contributed by atoms with Crippen LogP contribution in [0, 0.1) is 13.8 Å². The van der Waals surface area contributed by atoms with Gasteiger partial charge in [-0.15, -0.1) is 0 Å². The van der Waals surface area contributed by atoms with E-state index in [9.17, 15) is 4.79 Å². The molecule has 7 nitrogen and oxygen atoms in total. The Balaban J connectivity index is 1.32. The zero-order chi connectivity index (χ0) is 20.2. The van der Waals surface area contributed by atoms with Crippen molar-refractivity contribution in [1.29, 1.82) is 0 Å². The predicted octanol–water partition coefficient (Wildman–Crippen LogP) is 3.97. The first-order chi connectivity index (χ1) is 14.1. The number of anilines is 2. The Labute approximate surface area is 169 Å². The molecule has 29 heavy (non-hydrogen) atoms. The normalized spacial score (nSPS) is 13.5. The summed E-state index contributed by atoms with van der Waals surface area (Å²) in [6, 6.07) is 13.4. The van der Waals surface area contributed by atoms with E-state index < -0.39 is 0 Å². The minimum atomic E-state index is -0.195. The fourth-order valence-electron chi connectivity index (χ4n) is 3.41. The maximum Gasteiger partial charge on any atom is 0.262 e. The number of nitrogens with one attached hydrogen (secondary N) is 1. The van der Waals surface area contributed by atoms with Crippen LogP contribution < -0.4 is 15.0 Å². The number of amides is 1. The van der Waals surface area contributed by atoms with Gasteiger partial charge >= 0.3 is 0 Å². The standard InChI is InChI=1S/C22H24N4O3/c1-15-13-18(26-11-3-4-12-26)7-10-20(15)24-21(27)14-28-19-8-5-17(6-9-19)22-23-16(2)29-25-22/h5-10,13H,3-4,11-12,14H2,1-2H3,(H,24,27). The van der Waals surface area contributed by atoms with Gasteiger partial charge in [-0.1, -0.05) is 5.16 Å². The number of hydrogen-bond donors (Lipinski definition) is 1. The van der Waals surface area contributed by atoms with Crippen molar-refractivity contribution in [3.8, 4) is 17.1 Å². The van der Waals surface area contributed by atoms with E-state index in [4.69, 9.17) is 9.26 Å². The van der Waals surface area contributed by atoms with Crippen LogP contribution in [0.1, 0.15) is 24.3 Å². The minimum absolute atomic E-state index is 0.0615. The van der Waals surface area contributed by atoms with Gasteiger partial charge in [0.05, 0.1) is 0 Å². The summed E-state index contributed by atoms with van der Waals surface area (Å²) in [7, 11) is 0. The maximum atomic E-state index is 12.3. The third-order valence-corrected chi connectivity index (χ3v) is 4.97. The first kappa shape index (κ1) is 19.0. The van der Waals surface area contributed by atoms with Gasteiger partial charge in [-0.25, -0.2) is 0 Å². The van der Waals surface area contributed by atoms with Crippen molar-refractivity contribution in [3.63, 3.8) is 0 Å². The van der Waals surface area contributed by atoms with E-state index in [0.717, 1.165) is 29.9 Å². The molecule has 1 saturated heterocycles. The number of rotatable bonds is 6. The topological polar surface area (TPSA) is 80.5 Å². The molecule has 0 radical (unpaired) electrons. The highest BCUT2D eigenvalue weighted by Crippen LogP contribution is 2.25. The van der Waals surface area contributed by atoms with Crippen molar-refractivity contribution in [2.45, 2.75) is 26.7 Å². The monoisotopic (exact) mass is 392 g/mol. The summed E-state index contributed by atoms with van der Waals surface area (Å²) in [5, 5.41) is 6.81. The van der Waals surface area contributed by atoms with Gasteiger partial charge in [-0.2, -0.15) is 4.98 Å². The molecule has 1 aliphatic heterocycles. The molecule has 3 aromatic rings. The number of carbonyl (C=O) groups excluding carboxylic acids is 1. The van der Waals surface area contributed by atoms with Crippen molar-refractivity contribution >= 4 is 17.3 Å². The van der Waals surface area contributed by atoms with Crippen molar-refractivity contribution in [2.75, 3.05) is 29.9 Å². The van der Waals surface area contributed by atoms with Crippen LogP contribution in [0.4, 0.5) is 11.4 Å². The van der Waals surface area contributed by atoms with Gasteiger partial charge in [0.1, 0.15) is 5.75 Å². The maximum absolute atomic E-state index is 12.3. The molecule has 2 heterocycles. The summed E-state index contributed by atoms with van der Waals surface area (Å²) >= 11 is 0. The first-order valence-corrected chi connectivity index (χ1v) is 9.77. The zero-order valence-electron chi connectivity index (χ0n) is 16.6. The molecule has 1 amide bonds. The lowest BCUT2D eigenvalue weighted by Gasteiger charge is -2.19. The molecule has 0 bridgehead atoms. The third kappa shape index (κ3) is 4.56. The van der Waals surface area contributed by atoms with Crippen LogP contribution in [0.3, 0.4) is 0 Å². The Morgan fingerprint density at radius 2 is 1.90 bits per heavy atom. The second-order valence-electron chi connectivity index (χ2n) is 7.19. The van der Waals surface area contributed by atoms with E-state index in [0.29, 0.717) is 17.5 Å². The third-order valence-electron chi connectivity index (χ3n) is 4.97. The molecule has 7 heteroatoms. The van der Waals surface area contributed by atoms with E-state index in [-0.39, 0.29) is 12.5 Å². The van der Waals surface area contributed by atoms with Gasteiger partial charge in [0.2, 0.25) is 11.7 Å². The highest BCUT2D eigenvalue weighted by molar-refractivity contribution is 5.92. The Kier molecular flexibility index (Phi) is 5.46. The molecule has 0 aliphatic carbocycles. The number of benzene rings is 2. The summed E-state index contributed by atoms with van der Waals surface area (Å²) < 4.78 is 10.6. The van der Waals surface area contributed by atoms with E-state index in [2.05, 4.69) is 32.5 Å². The van der Waals surface area contributed by atoms with Gasteiger partial charge in [-0.05, 0) is 67.8 Å². The summed E-state index contributed by atoms with van der Waals surface area (Å²) in [4.78, 5) is 18.9. The molecular formula is C22H24N4O3. The molecule has 1 aliphatic rings. The van der Waals surface area contributed by atoms with Crippen LogP contribution in [-0.2, 0) is 4.79 Å². The second-order valence-corrected chi connectivity index (χ2v) is 7.19. The van der Waals surface area contributed by atoms with E-state index in [1.807, 2.05) is 25.1 Å². The number of carbonyl (C=O) groups is 1. The average molecular weight is 392 g/mol. The summed E-state index contributed by atoms with van der Waals surface area (Å²) in [6.45, 7) is 5.89. The highest BCUT2D eigenvalue weighted by atomic mass is 16.5. The quantitative estimate of drug-likeness (QED) is 0.684. The smallest absolute Gasteiger partial charge is 0.262 e. The molecular weight excluding hydrogens is 368 g/mol. The number of ether oxygens (including phenoxy) is 1. The fourth-order valence-corrected chi connectivity index (χ4v) is 3.41. The number of hydrogen-bond acceptors (Lipinski definition) is 6. The van der Waals surface area contributed by atoms with Crippen LogP contribution >= 0.6 is 0 Å². The molecule has 2 aromatic carbocycles. The lowest BCUT2D eigenvalue weighted by Crippen LogP contribution is -2.21. The minimum Gasteiger partial charge on any atom is -0.484 e. The largest absolute Gasteiger partial charge is 0.484 e. The molecule has 0 unspecified atom stereocenters. The molecule has 1 fully saturated rings. The van der Waals surface area contributed by atoms with Gasteiger partial charge in [0, 0.05) is 37.0 Å². The van der Waals surface area contributed by atoms with Crippen molar-refractivity contribution < 1.29 is 14.1 Å². The Hall–Kier alpha value is -3.35. The molecule has 0 atom stereocenters. The Bertz CT molecular complexity index is 992. The Morgan fingerprint density at radius 1 is 1.14 bits per heavy atom. The fraction of sp³-hybridized carbons (Fsp3) is 0.318. The number of aryl methyl sites for hydroxylation is 2. The number of aromatic nitrogens is 2. The SMILES string of the molecule is Cc1nc(-c2ccc(OCC(=O)Nc3ccc(N4CCCC4)cc3C)cc2)no1. The van der Waals surface area contributed by atoms with E-state index in [1.165, 1.54) is 18.5 Å². The van der Waals surface area contributed by atoms with Crippen LogP contribution in [0.2, 0.25) is 0 Å². The molecule has 0 saturated carbocycles. The molecule has 150 valence electrons. The summed E-state index contributed by atoms with van der Waals surface area (Å²) in [5.74, 6) is 1.45. The van der Waals surface area contributed by atoms with Gasteiger partial charge < -0.3 is 19.5 Å². The van der Waals surface area contributed by atoms with E-state index >= 15 is 0 Å². The van der Waals surface area contributed by atoms with Crippen LogP contribution in [-0.4, -0.2) is 35.7 Å². The van der Waals surface area contributed by atoms with Crippen LogP contribution in [0.5, 0.6) is 5.75 Å². The highest BCUT2D eigenvalue weighted by Gasteiger charge is 2.14. The molecule has 4 rings (SSSR count). The van der Waals surface area contributed by atoms with Crippen LogP contribution in [0.25, 0.3) is 11.4 Å². The Morgan fingerprint density at radius 3 is 2.55 bits per heavy atom. The van der Waals surface area contributed by atoms with Crippen molar-refractivity contribution in [2.24, 2.45) is 0 Å². The van der Waals surface area contributed by atoms with Gasteiger partial charge in [0.25, 0.3) is 5.91 Å². The summed E-state index contributed by atoms with van der Waals surface area (Å²) in [5.41, 5.74) is 3.89. The molecule has 1 N–H and O–H groups in total. The summed E-state index contributed by atoms with van der Waals surface area (Å²) in [6.07, 6.45) is 2.48. The predicted molar refractivity (Wildman–Crippen MR) is 111 cm³/mol. The molecule has 1 aromatic heterocycles. The number of nitrogens with zero attached hydrogens (tertiary/aromatic N) is 3. The molecule has 0 spiro atoms. The van der Waals surface area contributed by atoms with Crippen molar-refractivity contribution in [1.82, 2.24) is 10.1 Å².